The summed E-state index contributed by atoms with van der Waals surface area (Å²) < 4.78 is 6.49. The number of nitrogens with zero attached hydrogens (tertiary/aromatic N) is 2. The van der Waals surface area contributed by atoms with Crippen LogP contribution < -0.4 is 10.5 Å². The van der Waals surface area contributed by atoms with E-state index < -0.39 is 0 Å². The molecule has 5 heteroatoms. The molecule has 88 valence electrons. The molecule has 0 atom stereocenters. The first kappa shape index (κ1) is 12.3. The highest BCUT2D eigenvalue weighted by atomic mass is 127. The smallest absolute Gasteiger partial charge is 0.321 e. The van der Waals surface area contributed by atoms with Crippen molar-refractivity contribution in [1.29, 1.82) is 0 Å². The number of rotatable bonds is 4. The van der Waals surface area contributed by atoms with Gasteiger partial charge in [-0.3, -0.25) is 0 Å². The minimum Gasteiger partial charge on any atom is -0.424 e. The Morgan fingerprint density at radius 1 is 1.12 bits per heavy atom. The van der Waals surface area contributed by atoms with Crippen LogP contribution in [0, 0.1) is 3.57 Å². The van der Waals surface area contributed by atoms with Gasteiger partial charge in [0.05, 0.1) is 0 Å². The van der Waals surface area contributed by atoms with Gasteiger partial charge in [0.25, 0.3) is 0 Å². The van der Waals surface area contributed by atoms with Crippen molar-refractivity contribution < 1.29 is 4.74 Å². The molecular weight excluding hydrogens is 329 g/mol. The maximum absolute atomic E-state index is 5.51. The zero-order valence-electron chi connectivity index (χ0n) is 9.14. The second-order valence-electron chi connectivity index (χ2n) is 3.47. The Bertz CT molecular complexity index is 470. The van der Waals surface area contributed by atoms with Gasteiger partial charge in [0.1, 0.15) is 5.75 Å². The number of nitrogens with two attached hydrogens (primary N) is 1. The van der Waals surface area contributed by atoms with Gasteiger partial charge < -0.3 is 10.5 Å². The van der Waals surface area contributed by atoms with E-state index in [2.05, 4.69) is 32.6 Å². The van der Waals surface area contributed by atoms with Crippen molar-refractivity contribution >= 4 is 22.6 Å². The van der Waals surface area contributed by atoms with Gasteiger partial charge in [-0.05, 0) is 53.3 Å². The number of benzene rings is 1. The predicted molar refractivity (Wildman–Crippen MR) is 74.0 cm³/mol. The predicted octanol–water partition coefficient (Wildman–Crippen LogP) is 2.37. The Morgan fingerprint density at radius 3 is 2.35 bits per heavy atom. The topological polar surface area (TPSA) is 61.0 Å². The molecular formula is C12H12IN3O. The summed E-state index contributed by atoms with van der Waals surface area (Å²) in [5.41, 5.74) is 6.68. The number of hydrogen-bond donors (Lipinski definition) is 1. The summed E-state index contributed by atoms with van der Waals surface area (Å²) in [6.07, 6.45) is 4.30. The molecule has 0 saturated carbocycles. The van der Waals surface area contributed by atoms with Crippen molar-refractivity contribution in [3.8, 4) is 11.8 Å². The lowest BCUT2D eigenvalue weighted by Gasteiger charge is -2.04. The van der Waals surface area contributed by atoms with Gasteiger partial charge >= 0.3 is 6.01 Å². The van der Waals surface area contributed by atoms with E-state index in [1.54, 1.807) is 12.4 Å². The lowest BCUT2D eigenvalue weighted by atomic mass is 10.1. The van der Waals surface area contributed by atoms with Gasteiger partial charge in [0, 0.05) is 16.0 Å². The quantitative estimate of drug-likeness (QED) is 0.868. The van der Waals surface area contributed by atoms with Crippen molar-refractivity contribution in [3.63, 3.8) is 0 Å². The summed E-state index contributed by atoms with van der Waals surface area (Å²) in [5, 5.41) is 0. The summed E-state index contributed by atoms with van der Waals surface area (Å²) in [6.45, 7) is 0.653. The molecule has 0 radical (unpaired) electrons. The normalized spacial score (nSPS) is 10.2. The monoisotopic (exact) mass is 341 g/mol. The first-order valence-electron chi connectivity index (χ1n) is 5.22. The summed E-state index contributed by atoms with van der Waals surface area (Å²) in [6, 6.07) is 8.14. The molecule has 2 aromatic rings. The SMILES string of the molecule is NCCc1ccc(Oc2ncc(I)cn2)cc1. The third-order valence-corrected chi connectivity index (χ3v) is 2.72. The number of halogens is 1. The highest BCUT2D eigenvalue weighted by Crippen LogP contribution is 2.18. The first-order valence-corrected chi connectivity index (χ1v) is 6.30. The molecule has 0 fully saturated rings. The number of hydrogen-bond acceptors (Lipinski definition) is 4. The molecule has 0 amide bonds. The van der Waals surface area contributed by atoms with E-state index in [1.807, 2.05) is 24.3 Å². The van der Waals surface area contributed by atoms with E-state index in [-0.39, 0.29) is 0 Å². The van der Waals surface area contributed by atoms with E-state index >= 15 is 0 Å². The Morgan fingerprint density at radius 2 is 1.76 bits per heavy atom. The average Bonchev–Trinajstić information content (AvgIpc) is 2.35. The van der Waals surface area contributed by atoms with Gasteiger partial charge in [0.2, 0.25) is 0 Å². The van der Waals surface area contributed by atoms with Crippen LogP contribution in [0.15, 0.2) is 36.7 Å². The molecule has 0 saturated heterocycles. The van der Waals surface area contributed by atoms with Crippen LogP contribution in [0.1, 0.15) is 5.56 Å². The molecule has 0 aliphatic heterocycles. The van der Waals surface area contributed by atoms with Crippen LogP contribution in [0.5, 0.6) is 11.8 Å². The van der Waals surface area contributed by atoms with Crippen molar-refractivity contribution in [1.82, 2.24) is 9.97 Å². The summed E-state index contributed by atoms with van der Waals surface area (Å²) in [5.74, 6) is 0.729. The zero-order chi connectivity index (χ0) is 12.1. The van der Waals surface area contributed by atoms with E-state index in [0.717, 1.165) is 15.7 Å². The van der Waals surface area contributed by atoms with Crippen LogP contribution in [-0.2, 0) is 6.42 Å². The highest BCUT2D eigenvalue weighted by molar-refractivity contribution is 14.1. The molecule has 0 unspecified atom stereocenters. The molecule has 0 aliphatic rings. The number of ether oxygens (including phenoxy) is 1. The molecule has 1 aromatic heterocycles. The van der Waals surface area contributed by atoms with Crippen LogP contribution in [-0.4, -0.2) is 16.5 Å². The first-order chi connectivity index (χ1) is 8.28. The summed E-state index contributed by atoms with van der Waals surface area (Å²) in [7, 11) is 0. The Hall–Kier alpha value is -1.21. The molecule has 17 heavy (non-hydrogen) atoms. The molecule has 2 rings (SSSR count). The van der Waals surface area contributed by atoms with Gasteiger partial charge in [-0.15, -0.1) is 0 Å². The molecule has 0 spiro atoms. The maximum atomic E-state index is 5.51. The van der Waals surface area contributed by atoms with Crippen molar-refractivity contribution in [2.24, 2.45) is 5.73 Å². The van der Waals surface area contributed by atoms with Crippen LogP contribution in [0.3, 0.4) is 0 Å². The van der Waals surface area contributed by atoms with Gasteiger partial charge in [-0.1, -0.05) is 12.1 Å². The Kier molecular flexibility index (Phi) is 4.27. The minimum absolute atomic E-state index is 0.358. The number of aromatic nitrogens is 2. The van der Waals surface area contributed by atoms with E-state index in [9.17, 15) is 0 Å². The lowest BCUT2D eigenvalue weighted by Crippen LogP contribution is -2.02. The van der Waals surface area contributed by atoms with Crippen LogP contribution in [0.25, 0.3) is 0 Å². The van der Waals surface area contributed by atoms with Crippen molar-refractivity contribution in [3.05, 3.63) is 45.8 Å². The van der Waals surface area contributed by atoms with Gasteiger partial charge in [0.15, 0.2) is 0 Å². The van der Waals surface area contributed by atoms with Crippen molar-refractivity contribution in [2.45, 2.75) is 6.42 Å². The van der Waals surface area contributed by atoms with Gasteiger partial charge in [-0.25, -0.2) is 9.97 Å². The van der Waals surface area contributed by atoms with Crippen molar-refractivity contribution in [2.75, 3.05) is 6.54 Å². The van der Waals surface area contributed by atoms with E-state index in [4.69, 9.17) is 10.5 Å². The van der Waals surface area contributed by atoms with Gasteiger partial charge in [-0.2, -0.15) is 0 Å². The fourth-order valence-corrected chi connectivity index (χ4v) is 1.63. The zero-order valence-corrected chi connectivity index (χ0v) is 11.3. The second kappa shape index (κ2) is 5.92. The van der Waals surface area contributed by atoms with Crippen LogP contribution in [0.4, 0.5) is 0 Å². The molecule has 2 N–H and O–H groups in total. The molecule has 0 aliphatic carbocycles. The summed E-state index contributed by atoms with van der Waals surface area (Å²) in [4.78, 5) is 8.14. The fraction of sp³-hybridized carbons (Fsp3) is 0.167. The molecule has 0 bridgehead atoms. The van der Waals surface area contributed by atoms with Crippen LogP contribution >= 0.6 is 22.6 Å². The largest absolute Gasteiger partial charge is 0.424 e. The van der Waals surface area contributed by atoms with E-state index in [0.29, 0.717) is 12.6 Å². The molecule has 4 nitrogen and oxygen atoms in total. The van der Waals surface area contributed by atoms with E-state index in [1.165, 1.54) is 5.56 Å². The Labute approximate surface area is 113 Å². The molecule has 1 heterocycles. The Balaban J connectivity index is 2.05. The van der Waals surface area contributed by atoms with Crippen LogP contribution in [0.2, 0.25) is 0 Å². The minimum atomic E-state index is 0.358. The second-order valence-corrected chi connectivity index (χ2v) is 4.71. The highest BCUT2D eigenvalue weighted by Gasteiger charge is 2.00. The maximum Gasteiger partial charge on any atom is 0.321 e. The lowest BCUT2D eigenvalue weighted by molar-refractivity contribution is 0.441. The standard InChI is InChI=1S/C12H12IN3O/c13-10-7-15-12(16-8-10)17-11-3-1-9(2-4-11)5-6-14/h1-4,7-8H,5-6,14H2. The third kappa shape index (κ3) is 3.64. The molecule has 1 aromatic carbocycles. The summed E-state index contributed by atoms with van der Waals surface area (Å²) >= 11 is 2.15. The fourth-order valence-electron chi connectivity index (χ4n) is 1.35. The average molecular weight is 341 g/mol. The third-order valence-electron chi connectivity index (χ3n) is 2.16.